The minimum Gasteiger partial charge on any atom is -0.280 e. The second-order valence-electron chi connectivity index (χ2n) is 9.11. The second-order valence-corrected chi connectivity index (χ2v) is 11.5. The molecule has 3 atom stereocenters. The first-order valence-corrected chi connectivity index (χ1v) is 14.0. The maximum atomic E-state index is 14.5. The van der Waals surface area contributed by atoms with Gasteiger partial charge >= 0.3 is 0 Å². The Morgan fingerprint density at radius 2 is 1.41 bits per heavy atom. The summed E-state index contributed by atoms with van der Waals surface area (Å²) in [5.41, 5.74) is 4.32. The summed E-state index contributed by atoms with van der Waals surface area (Å²) in [6.45, 7) is 6.69. The molecule has 4 aromatic rings. The molecule has 0 radical (unpaired) electrons. The van der Waals surface area contributed by atoms with Crippen molar-refractivity contribution in [3.63, 3.8) is 0 Å². The molecule has 0 N–H and O–H groups in total. The third-order valence-corrected chi connectivity index (χ3v) is 8.57. The molecule has 186 valence electrons. The van der Waals surface area contributed by atoms with Crippen molar-refractivity contribution in [1.82, 2.24) is 4.31 Å². The van der Waals surface area contributed by atoms with E-state index >= 15 is 0 Å². The summed E-state index contributed by atoms with van der Waals surface area (Å²) < 4.78 is 16.7. The number of halogens is 1. The highest BCUT2D eigenvalue weighted by Crippen LogP contribution is 2.45. The molecule has 1 saturated heterocycles. The number of aryl methyl sites for hydroxylation is 1. The fraction of sp³-hybridized carbons (Fsp3) is 0.129. The highest BCUT2D eigenvalue weighted by Gasteiger charge is 2.46. The smallest absolute Gasteiger partial charge is 0.240 e. The molecule has 37 heavy (non-hydrogen) atoms. The number of benzene rings is 4. The Bertz CT molecular complexity index is 1380. The zero-order valence-electron chi connectivity index (χ0n) is 20.5. The van der Waals surface area contributed by atoms with Gasteiger partial charge in [0.15, 0.2) is 0 Å². The molecule has 0 saturated carbocycles. The summed E-state index contributed by atoms with van der Waals surface area (Å²) in [7, 11) is -1.47. The van der Waals surface area contributed by atoms with E-state index < -0.39 is 22.9 Å². The van der Waals surface area contributed by atoms with Crippen LogP contribution in [-0.4, -0.2) is 21.0 Å². The minimum atomic E-state index is -1.47. The molecular weight excluding hydrogens is 544 g/mol. The number of nitrogens with zero attached hydrogens (tertiary/aromatic N) is 2. The monoisotopic (exact) mass is 570 g/mol. The van der Waals surface area contributed by atoms with Crippen molar-refractivity contribution in [2.45, 2.75) is 17.9 Å². The van der Waals surface area contributed by atoms with Gasteiger partial charge in [0.2, 0.25) is 5.91 Å². The van der Waals surface area contributed by atoms with E-state index in [1.807, 2.05) is 120 Å². The van der Waals surface area contributed by atoms with Gasteiger partial charge in [-0.25, -0.2) is 8.51 Å². The highest BCUT2D eigenvalue weighted by molar-refractivity contribution is 9.10. The van der Waals surface area contributed by atoms with Crippen LogP contribution in [0, 0.1) is 12.8 Å². The fourth-order valence-electron chi connectivity index (χ4n) is 4.76. The quantitative estimate of drug-likeness (QED) is 0.227. The van der Waals surface area contributed by atoms with Crippen LogP contribution in [0.4, 0.5) is 11.4 Å². The van der Waals surface area contributed by atoms with Crippen LogP contribution in [0.1, 0.15) is 17.2 Å². The van der Waals surface area contributed by atoms with E-state index in [9.17, 15) is 9.00 Å². The molecule has 0 aliphatic carbocycles. The normalized spacial score (nSPS) is 18.5. The lowest BCUT2D eigenvalue weighted by atomic mass is 9.90. The largest absolute Gasteiger partial charge is 0.280 e. The van der Waals surface area contributed by atoms with Crippen LogP contribution in [0.2, 0.25) is 0 Å². The van der Waals surface area contributed by atoms with Crippen molar-refractivity contribution < 1.29 is 9.00 Å². The number of hydrogen-bond acceptors (Lipinski definition) is 2. The molecule has 4 aromatic carbocycles. The van der Waals surface area contributed by atoms with Crippen molar-refractivity contribution in [3.05, 3.63) is 137 Å². The first-order chi connectivity index (χ1) is 17.9. The van der Waals surface area contributed by atoms with E-state index in [2.05, 4.69) is 22.5 Å². The van der Waals surface area contributed by atoms with Crippen LogP contribution in [-0.2, 0) is 15.8 Å². The van der Waals surface area contributed by atoms with Gasteiger partial charge in [-0.1, -0.05) is 88.7 Å². The first kappa shape index (κ1) is 25.3. The maximum Gasteiger partial charge on any atom is 0.240 e. The molecule has 0 bridgehead atoms. The minimum absolute atomic E-state index is 0.0984. The van der Waals surface area contributed by atoms with Crippen molar-refractivity contribution >= 4 is 44.2 Å². The van der Waals surface area contributed by atoms with Crippen LogP contribution in [0.25, 0.3) is 0 Å². The lowest BCUT2D eigenvalue weighted by Crippen LogP contribution is -2.37. The van der Waals surface area contributed by atoms with Crippen LogP contribution >= 0.6 is 15.9 Å². The van der Waals surface area contributed by atoms with Crippen LogP contribution in [0.15, 0.2) is 131 Å². The summed E-state index contributed by atoms with van der Waals surface area (Å²) in [6, 6.07) is 34.4. The van der Waals surface area contributed by atoms with Crippen molar-refractivity contribution in [1.29, 1.82) is 0 Å². The highest BCUT2D eigenvalue weighted by atomic mass is 79.9. The average Bonchev–Trinajstić information content (AvgIpc) is 3.27. The molecule has 6 heteroatoms. The molecular formula is C31H27BrN2O2S. The summed E-state index contributed by atoms with van der Waals surface area (Å²) in [4.78, 5) is 16.9. The Hall–Kier alpha value is -3.32. The van der Waals surface area contributed by atoms with Gasteiger partial charge in [-0.15, -0.1) is 0 Å². The van der Waals surface area contributed by atoms with Crippen molar-refractivity contribution in [3.8, 4) is 0 Å². The third-order valence-electron chi connectivity index (χ3n) is 6.59. The number of hydrogen-bond donors (Lipinski definition) is 0. The summed E-state index contributed by atoms with van der Waals surface area (Å²) in [6.07, 6.45) is 0. The van der Waals surface area contributed by atoms with Crippen molar-refractivity contribution in [2.24, 2.45) is 5.92 Å². The van der Waals surface area contributed by atoms with Gasteiger partial charge in [-0.3, -0.25) is 9.69 Å². The lowest BCUT2D eigenvalue weighted by Gasteiger charge is -2.31. The number of carbonyl (C=O) groups excluding carboxylic acids is 1. The molecule has 4 nitrogen and oxygen atoms in total. The molecule has 1 heterocycles. The Kier molecular flexibility index (Phi) is 7.51. The molecule has 1 aliphatic heterocycles. The van der Waals surface area contributed by atoms with Crippen LogP contribution in [0.5, 0.6) is 0 Å². The second kappa shape index (κ2) is 11.0. The zero-order valence-corrected chi connectivity index (χ0v) is 22.9. The topological polar surface area (TPSA) is 40.6 Å². The average molecular weight is 572 g/mol. The van der Waals surface area contributed by atoms with Gasteiger partial charge in [-0.05, 0) is 66.6 Å². The van der Waals surface area contributed by atoms with Gasteiger partial charge < -0.3 is 0 Å². The molecule has 0 aromatic heterocycles. The predicted octanol–water partition coefficient (Wildman–Crippen LogP) is 7.37. The van der Waals surface area contributed by atoms with Gasteiger partial charge in [-0.2, -0.15) is 0 Å². The van der Waals surface area contributed by atoms with Gasteiger partial charge in [0.1, 0.15) is 11.0 Å². The van der Waals surface area contributed by atoms with Crippen LogP contribution < -0.4 is 4.90 Å². The fourth-order valence-corrected chi connectivity index (χ4v) is 6.40. The SMILES string of the molecule is C=C1CN(S(=O)c2ccc(C)cc2)[C@@H](c2ccc(Br)cc2)[C@@H]1C(=O)N(c1ccccc1)c1ccccc1. The Morgan fingerprint density at radius 1 is 0.865 bits per heavy atom. The van der Waals surface area contributed by atoms with E-state index in [0.717, 1.165) is 32.5 Å². The standard InChI is InChI=1S/C31H27BrN2O2S/c1-22-13-19-28(20-14-22)37(36)33-21-23(2)29(30(33)24-15-17-25(32)18-16-24)31(35)34(26-9-5-3-6-10-26)27-11-7-4-8-12-27/h3-20,29-30H,2,21H2,1H3/t29-,30+,37?/m1/s1. The predicted molar refractivity (Wildman–Crippen MR) is 154 cm³/mol. The summed E-state index contributed by atoms with van der Waals surface area (Å²) >= 11 is 3.52. The molecule has 1 unspecified atom stereocenters. The molecule has 1 amide bonds. The van der Waals surface area contributed by atoms with Gasteiger partial charge in [0, 0.05) is 22.4 Å². The molecule has 0 spiro atoms. The molecule has 1 aliphatic rings. The number of rotatable bonds is 6. The van der Waals surface area contributed by atoms with Crippen molar-refractivity contribution in [2.75, 3.05) is 11.4 Å². The van der Waals surface area contributed by atoms with E-state index in [1.54, 1.807) is 4.90 Å². The van der Waals surface area contributed by atoms with Gasteiger partial charge in [0.25, 0.3) is 0 Å². The third kappa shape index (κ3) is 5.23. The van der Waals surface area contributed by atoms with Crippen LogP contribution in [0.3, 0.4) is 0 Å². The summed E-state index contributed by atoms with van der Waals surface area (Å²) in [5, 5.41) is 0. The molecule has 1 fully saturated rings. The molecule has 5 rings (SSSR count). The maximum absolute atomic E-state index is 14.5. The van der Waals surface area contributed by atoms with E-state index in [1.165, 1.54) is 0 Å². The van der Waals surface area contributed by atoms with Gasteiger partial charge in [0.05, 0.1) is 16.9 Å². The Balaban J connectivity index is 1.60. The van der Waals surface area contributed by atoms with E-state index in [4.69, 9.17) is 0 Å². The number of amides is 1. The number of anilines is 2. The summed E-state index contributed by atoms with van der Waals surface area (Å²) in [5.74, 6) is -0.685. The Morgan fingerprint density at radius 3 is 1.95 bits per heavy atom. The van der Waals surface area contributed by atoms with E-state index in [-0.39, 0.29) is 5.91 Å². The van der Waals surface area contributed by atoms with E-state index in [0.29, 0.717) is 11.4 Å². The first-order valence-electron chi connectivity index (χ1n) is 12.1. The number of carbonyl (C=O) groups is 1. The zero-order chi connectivity index (χ0) is 25.9. The lowest BCUT2D eigenvalue weighted by molar-refractivity contribution is -0.121. The number of para-hydroxylation sites is 2. The Labute approximate surface area is 229 Å².